The van der Waals surface area contributed by atoms with Gasteiger partial charge in [0.05, 0.1) is 16.1 Å². The molecule has 4 heterocycles. The number of aromatic nitrogens is 3. The summed E-state index contributed by atoms with van der Waals surface area (Å²) >= 11 is 3.27. The number of benzene rings is 1. The molecule has 0 radical (unpaired) electrons. The zero-order valence-corrected chi connectivity index (χ0v) is 27.5. The van der Waals surface area contributed by atoms with E-state index in [0.717, 1.165) is 69.6 Å². The van der Waals surface area contributed by atoms with Crippen molar-refractivity contribution in [2.75, 3.05) is 0 Å². The van der Waals surface area contributed by atoms with Crippen molar-refractivity contribution in [1.82, 2.24) is 14.5 Å². The first kappa shape index (κ1) is 29.4. The fourth-order valence-electron chi connectivity index (χ4n) is 6.49. The van der Waals surface area contributed by atoms with Crippen molar-refractivity contribution in [3.8, 4) is 11.1 Å². The monoisotopic (exact) mass is 637 g/mol. The van der Waals surface area contributed by atoms with Crippen LogP contribution in [-0.4, -0.2) is 24.8 Å². The van der Waals surface area contributed by atoms with Crippen LogP contribution in [-0.2, 0) is 6.42 Å². The van der Waals surface area contributed by atoms with Gasteiger partial charge >= 0.3 is 0 Å². The number of hydrogen-bond donors (Lipinski definition) is 0. The summed E-state index contributed by atoms with van der Waals surface area (Å²) in [6.07, 6.45) is 13.7. The van der Waals surface area contributed by atoms with Gasteiger partial charge in [0, 0.05) is 47.1 Å². The van der Waals surface area contributed by atoms with Gasteiger partial charge in [-0.05, 0) is 103 Å². The van der Waals surface area contributed by atoms with E-state index in [1.807, 2.05) is 18.5 Å². The third-order valence-corrected chi connectivity index (χ3v) is 9.46. The number of pyridine rings is 2. The summed E-state index contributed by atoms with van der Waals surface area (Å²) in [7, 11) is 0. The van der Waals surface area contributed by atoms with E-state index >= 15 is 0 Å². The van der Waals surface area contributed by atoms with Crippen LogP contribution >= 0.6 is 15.9 Å². The Bertz CT molecular complexity index is 1870. The van der Waals surface area contributed by atoms with Crippen molar-refractivity contribution in [1.29, 1.82) is 0 Å². The lowest BCUT2D eigenvalue weighted by Gasteiger charge is -2.17. The molecule has 0 saturated heterocycles. The second-order valence-corrected chi connectivity index (χ2v) is 13.2. The summed E-state index contributed by atoms with van der Waals surface area (Å²) in [4.78, 5) is 10.3. The van der Waals surface area contributed by atoms with Crippen molar-refractivity contribution in [3.05, 3.63) is 112 Å². The van der Waals surface area contributed by atoms with Crippen molar-refractivity contribution >= 4 is 38.4 Å². The predicted molar refractivity (Wildman–Crippen MR) is 179 cm³/mol. The molecule has 0 N–H and O–H groups in total. The molecule has 0 spiro atoms. The molecule has 4 aromatic rings. The molecule has 1 aromatic carbocycles. The molecule has 1 aliphatic heterocycles. The minimum absolute atomic E-state index is 0.0717. The normalized spacial score (nSPS) is 17.3. The molecule has 6 rings (SSSR count). The lowest BCUT2D eigenvalue weighted by atomic mass is 9.90. The minimum Gasteiger partial charge on any atom is -0.325 e. The van der Waals surface area contributed by atoms with Crippen LogP contribution in [0.2, 0.25) is 0 Å². The predicted octanol–water partition coefficient (Wildman–Crippen LogP) is 9.79. The summed E-state index contributed by atoms with van der Waals surface area (Å²) in [5, 5.41) is 1.05. The zero-order chi connectivity index (χ0) is 30.6. The smallest absolute Gasteiger partial charge is 0.214 e. The first-order valence-corrected chi connectivity index (χ1v) is 16.1. The van der Waals surface area contributed by atoms with Crippen molar-refractivity contribution < 1.29 is 8.97 Å². The molecular formula is C37H39BrFN4+. The van der Waals surface area contributed by atoms with E-state index in [2.05, 4.69) is 104 Å². The molecule has 0 bridgehead atoms. The van der Waals surface area contributed by atoms with Crippen LogP contribution in [0.1, 0.15) is 81.6 Å². The van der Waals surface area contributed by atoms with E-state index in [4.69, 9.17) is 9.97 Å². The average molecular weight is 639 g/mol. The molecule has 43 heavy (non-hydrogen) atoms. The molecule has 0 fully saturated rings. The van der Waals surface area contributed by atoms with Gasteiger partial charge in [0.25, 0.3) is 0 Å². The van der Waals surface area contributed by atoms with Gasteiger partial charge in [-0.1, -0.05) is 39.8 Å². The Balaban J connectivity index is 1.49. The van der Waals surface area contributed by atoms with Crippen LogP contribution in [0.3, 0.4) is 0 Å². The molecule has 3 aromatic heterocycles. The Morgan fingerprint density at radius 1 is 1.16 bits per heavy atom. The number of nitrogens with zero attached hydrogens (tertiary/aromatic N) is 4. The highest BCUT2D eigenvalue weighted by Gasteiger charge is 2.40. The Labute approximate surface area is 262 Å². The molecule has 0 saturated carbocycles. The molecule has 4 nitrogen and oxygen atoms in total. The molecule has 1 aliphatic carbocycles. The largest absolute Gasteiger partial charge is 0.325 e. The van der Waals surface area contributed by atoms with Gasteiger partial charge in [-0.2, -0.15) is 4.58 Å². The van der Waals surface area contributed by atoms with Crippen LogP contribution in [0, 0.1) is 24.6 Å². The van der Waals surface area contributed by atoms with E-state index in [9.17, 15) is 4.39 Å². The van der Waals surface area contributed by atoms with E-state index in [0.29, 0.717) is 16.3 Å². The van der Waals surface area contributed by atoms with Gasteiger partial charge < -0.3 is 4.57 Å². The van der Waals surface area contributed by atoms with Gasteiger partial charge in [0.15, 0.2) is 0 Å². The molecule has 2 unspecified atom stereocenters. The SMILES string of the molecule is C=C1c2c(nc(CC(C)C)c(C)c2-c2cnc3c(ccn3C(C)c3ccc(Br)c(F)c3)c2)C(CC)=[N+]1C1=CCC(C)C=C1. The van der Waals surface area contributed by atoms with E-state index in [-0.39, 0.29) is 11.9 Å². The Kier molecular flexibility index (Phi) is 7.84. The van der Waals surface area contributed by atoms with Gasteiger partial charge in [-0.15, -0.1) is 0 Å². The minimum atomic E-state index is -0.262. The van der Waals surface area contributed by atoms with Crippen molar-refractivity contribution in [3.63, 3.8) is 0 Å². The summed E-state index contributed by atoms with van der Waals surface area (Å²) in [5.74, 6) is 0.756. The summed E-state index contributed by atoms with van der Waals surface area (Å²) in [6, 6.07) is 9.57. The summed E-state index contributed by atoms with van der Waals surface area (Å²) < 4.78 is 19.3. The van der Waals surface area contributed by atoms with Crippen molar-refractivity contribution in [2.45, 2.75) is 66.8 Å². The van der Waals surface area contributed by atoms with Crippen LogP contribution in [0.5, 0.6) is 0 Å². The standard InChI is InChI=1S/C37H39BrFN4/c1-8-33-36-35(25(7)43(33)29-12-9-22(4)10-13-29)34(23(5)32(41-36)17-21(2)3)28-18-27-15-16-42(37(27)40-20-28)24(6)26-11-14-30(38)31(39)19-26/h9,11-16,18-22,24H,7-8,10,17H2,1-6H3/q+1. The third-order valence-electron chi connectivity index (χ3n) is 8.82. The fraction of sp³-hybridized carbons (Fsp3) is 0.324. The van der Waals surface area contributed by atoms with Crippen LogP contribution in [0.15, 0.2) is 77.7 Å². The van der Waals surface area contributed by atoms with Gasteiger partial charge in [0.1, 0.15) is 17.2 Å². The number of hydrogen-bond acceptors (Lipinski definition) is 2. The Morgan fingerprint density at radius 2 is 1.95 bits per heavy atom. The maximum atomic E-state index is 14.3. The topological polar surface area (TPSA) is 33.7 Å². The Hall–Kier alpha value is -3.64. The molecule has 2 aliphatic rings. The second kappa shape index (κ2) is 11.5. The van der Waals surface area contributed by atoms with Gasteiger partial charge in [0.2, 0.25) is 17.1 Å². The highest BCUT2D eigenvalue weighted by Crippen LogP contribution is 2.42. The number of halogens is 2. The number of allylic oxidation sites excluding steroid dienone is 3. The quantitative estimate of drug-likeness (QED) is 0.189. The first-order valence-electron chi connectivity index (χ1n) is 15.3. The van der Waals surface area contributed by atoms with Crippen LogP contribution < -0.4 is 0 Å². The summed E-state index contributed by atoms with van der Waals surface area (Å²) in [6.45, 7) is 17.9. The van der Waals surface area contributed by atoms with Gasteiger partial charge in [-0.3, -0.25) is 0 Å². The van der Waals surface area contributed by atoms with E-state index in [1.165, 1.54) is 17.0 Å². The second-order valence-electron chi connectivity index (χ2n) is 12.4. The Morgan fingerprint density at radius 3 is 2.63 bits per heavy atom. The lowest BCUT2D eigenvalue weighted by Crippen LogP contribution is -2.15. The van der Waals surface area contributed by atoms with E-state index in [1.54, 1.807) is 12.1 Å². The average Bonchev–Trinajstić information content (AvgIpc) is 3.52. The molecular weight excluding hydrogens is 599 g/mol. The molecule has 6 heteroatoms. The molecule has 220 valence electrons. The molecule has 0 amide bonds. The third kappa shape index (κ3) is 5.14. The maximum absolute atomic E-state index is 14.3. The van der Waals surface area contributed by atoms with Crippen LogP contribution in [0.4, 0.5) is 4.39 Å². The number of rotatable bonds is 7. The highest BCUT2D eigenvalue weighted by atomic mass is 79.9. The fourth-order valence-corrected chi connectivity index (χ4v) is 6.73. The van der Waals surface area contributed by atoms with Gasteiger partial charge in [-0.25, -0.2) is 14.4 Å². The zero-order valence-electron chi connectivity index (χ0n) is 25.9. The van der Waals surface area contributed by atoms with Crippen molar-refractivity contribution in [2.24, 2.45) is 11.8 Å². The van der Waals surface area contributed by atoms with Crippen LogP contribution in [0.25, 0.3) is 27.9 Å². The maximum Gasteiger partial charge on any atom is 0.214 e. The number of fused-ring (bicyclic) bond motifs is 2. The van der Waals surface area contributed by atoms with E-state index < -0.39 is 0 Å². The lowest BCUT2D eigenvalue weighted by molar-refractivity contribution is -0.365. The summed E-state index contributed by atoms with van der Waals surface area (Å²) in [5.41, 5.74) is 11.8. The highest BCUT2D eigenvalue weighted by molar-refractivity contribution is 9.10. The first-order chi connectivity index (χ1) is 20.6. The molecule has 2 atom stereocenters.